The van der Waals surface area contributed by atoms with Crippen molar-refractivity contribution in [3.8, 4) is 0 Å². The molecule has 2 aliphatic rings. The number of hydrogen-bond donors (Lipinski definition) is 1. The van der Waals surface area contributed by atoms with E-state index in [-0.39, 0.29) is 11.9 Å². The van der Waals surface area contributed by atoms with Gasteiger partial charge >= 0.3 is 0 Å². The van der Waals surface area contributed by atoms with Gasteiger partial charge in [-0.1, -0.05) is 30.3 Å². The first-order chi connectivity index (χ1) is 12.1. The van der Waals surface area contributed by atoms with Crippen molar-refractivity contribution < 1.29 is 13.2 Å². The highest BCUT2D eigenvalue weighted by molar-refractivity contribution is 7.92. The highest BCUT2D eigenvalue weighted by Gasteiger charge is 2.32. The summed E-state index contributed by atoms with van der Waals surface area (Å²) in [6.07, 6.45) is 4.52. The number of carbonyl (C=O) groups excluding carboxylic acids is 1. The van der Waals surface area contributed by atoms with Gasteiger partial charge in [-0.2, -0.15) is 4.31 Å². The molecule has 0 radical (unpaired) electrons. The fraction of sp³-hybridized carbons (Fsp3) is 0.500. The van der Waals surface area contributed by atoms with Gasteiger partial charge in [-0.3, -0.25) is 9.69 Å². The van der Waals surface area contributed by atoms with Crippen LogP contribution in [0.25, 0.3) is 6.08 Å². The highest BCUT2D eigenvalue weighted by Crippen LogP contribution is 2.17. The van der Waals surface area contributed by atoms with Gasteiger partial charge in [0.05, 0.1) is 6.04 Å². The summed E-state index contributed by atoms with van der Waals surface area (Å²) in [6, 6.07) is 9.27. The molecule has 25 heavy (non-hydrogen) atoms. The first kappa shape index (κ1) is 18.1. The van der Waals surface area contributed by atoms with Gasteiger partial charge in [-0.05, 0) is 30.9 Å². The Balaban J connectivity index is 1.59. The molecule has 0 aliphatic carbocycles. The Kier molecular flexibility index (Phi) is 5.88. The summed E-state index contributed by atoms with van der Waals surface area (Å²) in [7, 11) is -3.43. The lowest BCUT2D eigenvalue weighted by Crippen LogP contribution is -2.55. The lowest BCUT2D eigenvalue weighted by molar-refractivity contribution is -0.126. The summed E-state index contributed by atoms with van der Waals surface area (Å²) in [5, 5.41) is 4.22. The molecular formula is C18H25N3O3S. The smallest absolute Gasteiger partial charge is 0.237 e. The Hall–Kier alpha value is -1.70. The van der Waals surface area contributed by atoms with E-state index in [2.05, 4.69) is 10.2 Å². The van der Waals surface area contributed by atoms with Crippen LogP contribution in [-0.4, -0.2) is 62.3 Å². The molecule has 6 nitrogen and oxygen atoms in total. The predicted molar refractivity (Wildman–Crippen MR) is 98.2 cm³/mol. The number of amides is 1. The molecule has 1 unspecified atom stereocenters. The van der Waals surface area contributed by atoms with E-state index in [0.29, 0.717) is 26.2 Å². The van der Waals surface area contributed by atoms with Crippen molar-refractivity contribution in [3.05, 3.63) is 41.3 Å². The summed E-state index contributed by atoms with van der Waals surface area (Å²) in [6.45, 7) is 2.78. The molecule has 1 N–H and O–H groups in total. The Morgan fingerprint density at radius 2 is 1.76 bits per heavy atom. The van der Waals surface area contributed by atoms with Gasteiger partial charge < -0.3 is 5.32 Å². The van der Waals surface area contributed by atoms with Crippen LogP contribution in [0.5, 0.6) is 0 Å². The molecule has 0 saturated carbocycles. The molecule has 1 atom stereocenters. The first-order valence-electron chi connectivity index (χ1n) is 8.81. The number of sulfonamides is 1. The molecule has 0 bridgehead atoms. The van der Waals surface area contributed by atoms with Gasteiger partial charge in [-0.15, -0.1) is 0 Å². The normalized spacial score (nSPS) is 24.2. The number of rotatable bonds is 4. The molecular weight excluding hydrogens is 338 g/mol. The second-order valence-electron chi connectivity index (χ2n) is 6.50. The van der Waals surface area contributed by atoms with E-state index in [1.54, 1.807) is 6.08 Å². The van der Waals surface area contributed by atoms with Crippen molar-refractivity contribution in [1.82, 2.24) is 14.5 Å². The highest BCUT2D eigenvalue weighted by atomic mass is 32.2. The van der Waals surface area contributed by atoms with Gasteiger partial charge in [0.1, 0.15) is 0 Å². The Morgan fingerprint density at radius 3 is 2.48 bits per heavy atom. The van der Waals surface area contributed by atoms with Crippen molar-refractivity contribution in [2.75, 3.05) is 32.7 Å². The number of carbonyl (C=O) groups is 1. The van der Waals surface area contributed by atoms with Crippen LogP contribution >= 0.6 is 0 Å². The summed E-state index contributed by atoms with van der Waals surface area (Å²) in [5.41, 5.74) is 0.861. The average molecular weight is 363 g/mol. The lowest BCUT2D eigenvalue weighted by Gasteiger charge is -2.37. The van der Waals surface area contributed by atoms with E-state index in [1.807, 2.05) is 30.3 Å². The molecule has 0 aromatic heterocycles. The maximum Gasteiger partial charge on any atom is 0.237 e. The maximum absolute atomic E-state index is 12.5. The number of piperazine rings is 1. The number of nitrogens with zero attached hydrogens (tertiary/aromatic N) is 2. The van der Waals surface area contributed by atoms with E-state index in [0.717, 1.165) is 31.4 Å². The molecule has 1 amide bonds. The first-order valence-corrected chi connectivity index (χ1v) is 10.3. The average Bonchev–Trinajstić information content (AvgIpc) is 2.85. The third-order valence-corrected chi connectivity index (χ3v) is 6.38. The zero-order valence-electron chi connectivity index (χ0n) is 14.3. The summed E-state index contributed by atoms with van der Waals surface area (Å²) < 4.78 is 26.5. The molecule has 3 rings (SSSR count). The summed E-state index contributed by atoms with van der Waals surface area (Å²) in [4.78, 5) is 14.3. The van der Waals surface area contributed by atoms with Crippen molar-refractivity contribution in [2.45, 2.75) is 25.3 Å². The van der Waals surface area contributed by atoms with Gasteiger partial charge in [0, 0.05) is 38.1 Å². The van der Waals surface area contributed by atoms with Crippen molar-refractivity contribution in [1.29, 1.82) is 0 Å². The number of benzene rings is 1. The summed E-state index contributed by atoms with van der Waals surface area (Å²) >= 11 is 0. The lowest BCUT2D eigenvalue weighted by atomic mass is 10.1. The van der Waals surface area contributed by atoms with E-state index in [1.165, 1.54) is 9.71 Å². The maximum atomic E-state index is 12.5. The minimum absolute atomic E-state index is 0.0813. The molecule has 7 heteroatoms. The van der Waals surface area contributed by atoms with Gasteiger partial charge in [0.2, 0.25) is 15.9 Å². The third kappa shape index (κ3) is 4.68. The minimum Gasteiger partial charge on any atom is -0.355 e. The van der Waals surface area contributed by atoms with Crippen LogP contribution in [0, 0.1) is 0 Å². The quantitative estimate of drug-likeness (QED) is 0.875. The fourth-order valence-electron chi connectivity index (χ4n) is 3.36. The number of nitrogens with one attached hydrogen (secondary N) is 1. The predicted octanol–water partition coefficient (Wildman–Crippen LogP) is 1.27. The zero-order valence-corrected chi connectivity index (χ0v) is 15.1. The molecule has 2 fully saturated rings. The topological polar surface area (TPSA) is 69.7 Å². The Bertz CT molecular complexity index is 710. The van der Waals surface area contributed by atoms with Crippen LogP contribution in [0.2, 0.25) is 0 Å². The minimum atomic E-state index is -3.43. The van der Waals surface area contributed by atoms with Crippen LogP contribution in [0.15, 0.2) is 35.7 Å². The van der Waals surface area contributed by atoms with Gasteiger partial charge in [0.25, 0.3) is 0 Å². The van der Waals surface area contributed by atoms with Crippen LogP contribution < -0.4 is 5.32 Å². The van der Waals surface area contributed by atoms with Crippen LogP contribution in [0.4, 0.5) is 0 Å². The fourth-order valence-corrected chi connectivity index (χ4v) is 4.53. The third-order valence-electron chi connectivity index (χ3n) is 4.81. The summed E-state index contributed by atoms with van der Waals surface area (Å²) in [5.74, 6) is 0.0813. The van der Waals surface area contributed by atoms with Crippen molar-refractivity contribution >= 4 is 22.0 Å². The van der Waals surface area contributed by atoms with E-state index in [9.17, 15) is 13.2 Å². The van der Waals surface area contributed by atoms with E-state index in [4.69, 9.17) is 0 Å². The molecule has 2 heterocycles. The van der Waals surface area contributed by atoms with E-state index >= 15 is 0 Å². The molecule has 2 saturated heterocycles. The Morgan fingerprint density at radius 1 is 1.04 bits per heavy atom. The van der Waals surface area contributed by atoms with Crippen LogP contribution in [0.1, 0.15) is 24.8 Å². The van der Waals surface area contributed by atoms with E-state index < -0.39 is 10.0 Å². The second kappa shape index (κ2) is 8.12. The molecule has 1 aromatic rings. The second-order valence-corrected chi connectivity index (χ2v) is 8.31. The van der Waals surface area contributed by atoms with Crippen LogP contribution in [-0.2, 0) is 14.8 Å². The monoisotopic (exact) mass is 363 g/mol. The molecule has 2 aliphatic heterocycles. The molecule has 0 spiro atoms. The standard InChI is InChI=1S/C18H25N3O3S/c22-18-17(8-4-5-10-19-18)20-11-13-21(14-12-20)25(23,24)15-9-16-6-2-1-3-7-16/h1-3,6-7,9,15,17H,4-5,8,10-14H2,(H,19,22)/b15-9+. The Labute approximate surface area is 149 Å². The SMILES string of the molecule is O=C1NCCCCC1N1CCN(S(=O)(=O)/C=C/c2ccccc2)CC1. The van der Waals surface area contributed by atoms with Gasteiger partial charge in [-0.25, -0.2) is 8.42 Å². The zero-order chi connectivity index (χ0) is 17.7. The van der Waals surface area contributed by atoms with Crippen LogP contribution in [0.3, 0.4) is 0 Å². The van der Waals surface area contributed by atoms with Crippen molar-refractivity contribution in [3.63, 3.8) is 0 Å². The largest absolute Gasteiger partial charge is 0.355 e. The van der Waals surface area contributed by atoms with Crippen molar-refractivity contribution in [2.24, 2.45) is 0 Å². The number of hydrogen-bond acceptors (Lipinski definition) is 4. The molecule has 136 valence electrons. The van der Waals surface area contributed by atoms with Gasteiger partial charge in [0.15, 0.2) is 0 Å². The molecule has 1 aromatic carbocycles.